The van der Waals surface area contributed by atoms with Crippen molar-refractivity contribution in [1.29, 1.82) is 0 Å². The van der Waals surface area contributed by atoms with Gasteiger partial charge in [-0.3, -0.25) is 9.88 Å². The summed E-state index contributed by atoms with van der Waals surface area (Å²) in [5.41, 5.74) is 1.15. The van der Waals surface area contributed by atoms with Crippen LogP contribution in [0, 0.1) is 0 Å². The lowest BCUT2D eigenvalue weighted by atomic mass is 10.2. The highest BCUT2D eigenvalue weighted by Crippen LogP contribution is 2.02. The Morgan fingerprint density at radius 2 is 2.24 bits per heavy atom. The van der Waals surface area contributed by atoms with Crippen molar-refractivity contribution in [3.05, 3.63) is 30.1 Å². The molecule has 1 heterocycles. The maximum Gasteiger partial charge on any atom is 0.0900 e. The highest BCUT2D eigenvalue weighted by molar-refractivity contribution is 5.07. The second-order valence-electron chi connectivity index (χ2n) is 4.59. The Balaban J connectivity index is 2.27. The maximum atomic E-state index is 9.76. The van der Waals surface area contributed by atoms with Gasteiger partial charge in [-0.05, 0) is 32.5 Å². The summed E-state index contributed by atoms with van der Waals surface area (Å²) in [5.74, 6) is 0. The minimum atomic E-state index is -0.445. The molecule has 0 aliphatic carbocycles. The zero-order valence-corrected chi connectivity index (χ0v) is 10.8. The van der Waals surface area contributed by atoms with Crippen LogP contribution < -0.4 is 0 Å². The van der Waals surface area contributed by atoms with Crippen LogP contribution in [0.5, 0.6) is 0 Å². The van der Waals surface area contributed by atoms with Gasteiger partial charge in [0.2, 0.25) is 0 Å². The van der Waals surface area contributed by atoms with E-state index in [4.69, 9.17) is 4.74 Å². The molecule has 0 aliphatic rings. The molecule has 0 amide bonds. The van der Waals surface area contributed by atoms with Crippen LogP contribution >= 0.6 is 0 Å². The molecule has 4 nitrogen and oxygen atoms in total. The number of aliphatic hydroxyl groups excluding tert-OH is 1. The molecular weight excluding hydrogens is 216 g/mol. The molecule has 0 bridgehead atoms. The molecule has 0 radical (unpaired) electrons. The third-order valence-corrected chi connectivity index (χ3v) is 2.32. The highest BCUT2D eigenvalue weighted by atomic mass is 16.5. The minimum Gasteiger partial charge on any atom is -0.389 e. The van der Waals surface area contributed by atoms with Crippen molar-refractivity contribution in [2.45, 2.75) is 32.6 Å². The number of hydrogen-bond acceptors (Lipinski definition) is 4. The van der Waals surface area contributed by atoms with Gasteiger partial charge in [-0.1, -0.05) is 6.07 Å². The topological polar surface area (TPSA) is 45.6 Å². The molecule has 96 valence electrons. The largest absolute Gasteiger partial charge is 0.389 e. The van der Waals surface area contributed by atoms with Crippen LogP contribution in [0.4, 0.5) is 0 Å². The fourth-order valence-electron chi connectivity index (χ4n) is 1.58. The summed E-state index contributed by atoms with van der Waals surface area (Å²) in [6, 6.07) is 3.95. The maximum absolute atomic E-state index is 9.76. The zero-order chi connectivity index (χ0) is 12.7. The van der Waals surface area contributed by atoms with Crippen molar-refractivity contribution >= 4 is 0 Å². The first-order chi connectivity index (χ1) is 8.08. The molecule has 0 aromatic carbocycles. The van der Waals surface area contributed by atoms with Crippen molar-refractivity contribution in [2.75, 3.05) is 20.2 Å². The predicted octanol–water partition coefficient (Wildman–Crippen LogP) is 1.30. The fourth-order valence-corrected chi connectivity index (χ4v) is 1.58. The van der Waals surface area contributed by atoms with Crippen LogP contribution in [-0.4, -0.2) is 47.4 Å². The number of pyridine rings is 1. The Labute approximate surface area is 103 Å². The van der Waals surface area contributed by atoms with Crippen molar-refractivity contribution in [3.63, 3.8) is 0 Å². The van der Waals surface area contributed by atoms with Gasteiger partial charge in [0.25, 0.3) is 0 Å². The summed E-state index contributed by atoms with van der Waals surface area (Å²) in [5, 5.41) is 9.76. The van der Waals surface area contributed by atoms with E-state index in [1.807, 2.05) is 39.2 Å². The Morgan fingerprint density at radius 1 is 1.47 bits per heavy atom. The molecule has 1 N–H and O–H groups in total. The first-order valence-corrected chi connectivity index (χ1v) is 5.95. The van der Waals surface area contributed by atoms with E-state index in [0.717, 1.165) is 12.1 Å². The normalized spacial score (nSPS) is 13.3. The monoisotopic (exact) mass is 238 g/mol. The lowest BCUT2D eigenvalue weighted by Crippen LogP contribution is -2.32. The van der Waals surface area contributed by atoms with E-state index in [2.05, 4.69) is 9.88 Å². The Morgan fingerprint density at radius 3 is 2.82 bits per heavy atom. The van der Waals surface area contributed by atoms with Gasteiger partial charge in [-0.25, -0.2) is 0 Å². The van der Waals surface area contributed by atoms with Crippen LogP contribution in [0.1, 0.15) is 19.4 Å². The fraction of sp³-hybridized carbons (Fsp3) is 0.615. The molecule has 17 heavy (non-hydrogen) atoms. The third kappa shape index (κ3) is 6.36. The second-order valence-corrected chi connectivity index (χ2v) is 4.59. The average Bonchev–Trinajstić information content (AvgIpc) is 2.27. The van der Waals surface area contributed by atoms with Gasteiger partial charge >= 0.3 is 0 Å². The summed E-state index contributed by atoms with van der Waals surface area (Å²) < 4.78 is 5.37. The second kappa shape index (κ2) is 7.37. The standard InChI is InChI=1S/C13H22N2O2/c1-11(2)17-10-13(16)9-15(3)8-12-5-4-6-14-7-12/h4-7,11,13,16H,8-10H2,1-3H3. The Hall–Kier alpha value is -0.970. The Kier molecular flexibility index (Phi) is 6.11. The van der Waals surface area contributed by atoms with Crippen molar-refractivity contribution in [2.24, 2.45) is 0 Å². The number of aliphatic hydroxyl groups is 1. The summed E-state index contributed by atoms with van der Waals surface area (Å²) in [6.07, 6.45) is 3.31. The van der Waals surface area contributed by atoms with Gasteiger partial charge < -0.3 is 9.84 Å². The first-order valence-electron chi connectivity index (χ1n) is 5.95. The average molecular weight is 238 g/mol. The molecule has 0 aliphatic heterocycles. The molecule has 0 fully saturated rings. The number of likely N-dealkylation sites (N-methyl/N-ethyl adjacent to an activating group) is 1. The lowest BCUT2D eigenvalue weighted by Gasteiger charge is -2.21. The SMILES string of the molecule is CC(C)OCC(O)CN(C)Cc1cccnc1. The molecular formula is C13H22N2O2. The molecule has 1 aromatic rings. The number of hydrogen-bond donors (Lipinski definition) is 1. The Bertz CT molecular complexity index is 304. The van der Waals surface area contributed by atoms with Crippen LogP contribution in [0.15, 0.2) is 24.5 Å². The molecule has 1 aromatic heterocycles. The van der Waals surface area contributed by atoms with Crippen LogP contribution in [0.2, 0.25) is 0 Å². The van der Waals surface area contributed by atoms with E-state index in [1.165, 1.54) is 0 Å². The van der Waals surface area contributed by atoms with Gasteiger partial charge in [0.05, 0.1) is 18.8 Å². The van der Waals surface area contributed by atoms with Gasteiger partial charge in [-0.2, -0.15) is 0 Å². The lowest BCUT2D eigenvalue weighted by molar-refractivity contribution is -0.00635. The molecule has 0 spiro atoms. The molecule has 4 heteroatoms. The van der Waals surface area contributed by atoms with Crippen molar-refractivity contribution in [3.8, 4) is 0 Å². The van der Waals surface area contributed by atoms with Gasteiger partial charge in [0, 0.05) is 25.5 Å². The molecule has 1 atom stereocenters. The minimum absolute atomic E-state index is 0.160. The van der Waals surface area contributed by atoms with E-state index in [-0.39, 0.29) is 6.10 Å². The van der Waals surface area contributed by atoms with Crippen molar-refractivity contribution in [1.82, 2.24) is 9.88 Å². The number of nitrogens with zero attached hydrogens (tertiary/aromatic N) is 2. The number of ether oxygens (including phenoxy) is 1. The molecule has 0 saturated carbocycles. The van der Waals surface area contributed by atoms with Crippen LogP contribution in [-0.2, 0) is 11.3 Å². The summed E-state index contributed by atoms with van der Waals surface area (Å²) in [6.45, 7) is 5.70. The van der Waals surface area contributed by atoms with Crippen LogP contribution in [0.25, 0.3) is 0 Å². The summed E-state index contributed by atoms with van der Waals surface area (Å²) in [4.78, 5) is 6.12. The van der Waals surface area contributed by atoms with Crippen molar-refractivity contribution < 1.29 is 9.84 Å². The van der Waals surface area contributed by atoms with Gasteiger partial charge in [-0.15, -0.1) is 0 Å². The predicted molar refractivity (Wildman–Crippen MR) is 67.7 cm³/mol. The van der Waals surface area contributed by atoms with E-state index >= 15 is 0 Å². The summed E-state index contributed by atoms with van der Waals surface area (Å²) >= 11 is 0. The highest BCUT2D eigenvalue weighted by Gasteiger charge is 2.09. The molecule has 0 saturated heterocycles. The third-order valence-electron chi connectivity index (χ3n) is 2.32. The van der Waals surface area contributed by atoms with Crippen LogP contribution in [0.3, 0.4) is 0 Å². The quantitative estimate of drug-likeness (QED) is 0.777. The number of rotatable bonds is 7. The van der Waals surface area contributed by atoms with Gasteiger partial charge in [0.15, 0.2) is 0 Å². The van der Waals surface area contributed by atoms with E-state index < -0.39 is 6.10 Å². The molecule has 1 unspecified atom stereocenters. The van der Waals surface area contributed by atoms with Gasteiger partial charge in [0.1, 0.15) is 0 Å². The van der Waals surface area contributed by atoms with E-state index in [0.29, 0.717) is 13.2 Å². The smallest absolute Gasteiger partial charge is 0.0900 e. The first kappa shape index (κ1) is 14.1. The van der Waals surface area contributed by atoms with E-state index in [9.17, 15) is 5.11 Å². The molecule has 1 rings (SSSR count). The summed E-state index contributed by atoms with van der Waals surface area (Å²) in [7, 11) is 1.98. The van der Waals surface area contributed by atoms with E-state index in [1.54, 1.807) is 6.20 Å². The number of aromatic nitrogens is 1. The zero-order valence-electron chi connectivity index (χ0n) is 10.8.